The van der Waals surface area contributed by atoms with E-state index < -0.39 is 37.1 Å². The topological polar surface area (TPSA) is 80.3 Å². The summed E-state index contributed by atoms with van der Waals surface area (Å²) in [5.41, 5.74) is 2.13. The molecule has 4 unspecified atom stereocenters. The van der Waals surface area contributed by atoms with E-state index in [2.05, 4.69) is 51.6 Å². The Labute approximate surface area is 254 Å². The van der Waals surface area contributed by atoms with Gasteiger partial charge in [0.05, 0.1) is 0 Å². The summed E-state index contributed by atoms with van der Waals surface area (Å²) in [4.78, 5) is 4.75. The summed E-state index contributed by atoms with van der Waals surface area (Å²) in [6.45, 7) is 13.2. The Morgan fingerprint density at radius 2 is 0.525 bits per heavy atom. The zero-order valence-corrected chi connectivity index (χ0v) is 33.1. The van der Waals surface area contributed by atoms with E-state index >= 15 is 0 Å². The van der Waals surface area contributed by atoms with E-state index in [0.29, 0.717) is 22.2 Å². The SMILES string of the molecule is CO[SiH](OC)C(C)CCN(C)CCC(C)[SiH](OC)OC.CO[SiH](OC)C(C)CCN(C)CCC(C)[SiH](OC)OC. The third-order valence-electron chi connectivity index (χ3n) is 7.58. The molecule has 0 aliphatic rings. The fourth-order valence-electron chi connectivity index (χ4n) is 4.71. The highest BCUT2D eigenvalue weighted by Crippen LogP contribution is 2.19. The second-order valence-corrected chi connectivity index (χ2v) is 22.3. The molecule has 0 aromatic carbocycles. The third kappa shape index (κ3) is 19.6. The van der Waals surface area contributed by atoms with Crippen LogP contribution in [0.15, 0.2) is 0 Å². The van der Waals surface area contributed by atoms with E-state index in [1.807, 2.05) is 0 Å². The van der Waals surface area contributed by atoms with Crippen molar-refractivity contribution in [3.8, 4) is 0 Å². The lowest BCUT2D eigenvalue weighted by Crippen LogP contribution is -2.31. The first-order valence-corrected chi connectivity index (χ1v) is 21.0. The Morgan fingerprint density at radius 3 is 0.650 bits per heavy atom. The van der Waals surface area contributed by atoms with Gasteiger partial charge in [0.2, 0.25) is 0 Å². The molecule has 40 heavy (non-hydrogen) atoms. The predicted octanol–water partition coefficient (Wildman–Crippen LogP) is 3.01. The second-order valence-electron chi connectivity index (χ2n) is 11.0. The minimum Gasteiger partial charge on any atom is -0.400 e. The molecule has 0 rings (SSSR count). The Bertz CT molecular complexity index is 459. The minimum absolute atomic E-state index is 0.532. The minimum atomic E-state index is -1.47. The maximum absolute atomic E-state index is 5.42. The van der Waals surface area contributed by atoms with Gasteiger partial charge in [-0.2, -0.15) is 0 Å². The lowest BCUT2D eigenvalue weighted by molar-refractivity contribution is 0.248. The Morgan fingerprint density at radius 1 is 0.375 bits per heavy atom. The number of rotatable bonds is 24. The van der Waals surface area contributed by atoms with Crippen LogP contribution in [-0.4, -0.2) is 144 Å². The predicted molar refractivity (Wildman–Crippen MR) is 176 cm³/mol. The summed E-state index contributed by atoms with van der Waals surface area (Å²) in [5.74, 6) is 0. The molecule has 4 atom stereocenters. The highest BCUT2D eigenvalue weighted by molar-refractivity contribution is 6.47. The van der Waals surface area contributed by atoms with Crippen LogP contribution < -0.4 is 0 Å². The van der Waals surface area contributed by atoms with E-state index in [1.165, 1.54) is 0 Å². The highest BCUT2D eigenvalue weighted by atomic mass is 28.3. The fraction of sp³-hybridized carbons (Fsp3) is 1.00. The van der Waals surface area contributed by atoms with Crippen molar-refractivity contribution in [2.45, 2.75) is 75.5 Å². The van der Waals surface area contributed by atoms with E-state index in [0.717, 1.165) is 51.9 Å². The molecule has 0 aliphatic heterocycles. The quantitative estimate of drug-likeness (QED) is 0.146. The van der Waals surface area contributed by atoms with Gasteiger partial charge >= 0.3 is 37.1 Å². The Balaban J connectivity index is 0. The Hall–Kier alpha value is 0.468. The van der Waals surface area contributed by atoms with Gasteiger partial charge in [-0.3, -0.25) is 0 Å². The summed E-state index contributed by atoms with van der Waals surface area (Å²) >= 11 is 0. The van der Waals surface area contributed by atoms with E-state index in [9.17, 15) is 0 Å². The van der Waals surface area contributed by atoms with Crippen LogP contribution in [0.1, 0.15) is 53.4 Å². The molecule has 244 valence electrons. The first-order valence-electron chi connectivity index (χ1n) is 14.6. The first-order chi connectivity index (χ1) is 19.0. The zero-order valence-electron chi connectivity index (χ0n) is 28.4. The van der Waals surface area contributed by atoms with Crippen LogP contribution in [0.3, 0.4) is 0 Å². The molecule has 0 spiro atoms. The normalized spacial score (nSPS) is 15.3. The molecule has 0 heterocycles. The van der Waals surface area contributed by atoms with Crippen molar-refractivity contribution in [1.82, 2.24) is 9.80 Å². The van der Waals surface area contributed by atoms with Gasteiger partial charge < -0.3 is 45.2 Å². The average Bonchev–Trinajstić information content (AvgIpc) is 2.95. The van der Waals surface area contributed by atoms with Gasteiger partial charge in [0.25, 0.3) is 0 Å². The molecular formula is C26H66N2O8Si4. The maximum Gasteiger partial charge on any atom is 0.323 e. The fourth-order valence-corrected chi connectivity index (χ4v) is 10.9. The molecule has 0 radical (unpaired) electrons. The number of nitrogens with zero attached hydrogens (tertiary/aromatic N) is 2. The van der Waals surface area contributed by atoms with Crippen LogP contribution in [-0.2, 0) is 35.4 Å². The Kier molecular flexibility index (Phi) is 28.8. The van der Waals surface area contributed by atoms with Gasteiger partial charge in [-0.15, -0.1) is 0 Å². The van der Waals surface area contributed by atoms with Crippen LogP contribution in [0.5, 0.6) is 0 Å². The lowest BCUT2D eigenvalue weighted by Gasteiger charge is -2.24. The van der Waals surface area contributed by atoms with Gasteiger partial charge in [0.1, 0.15) is 0 Å². The molecule has 0 aromatic rings. The highest BCUT2D eigenvalue weighted by Gasteiger charge is 2.23. The molecule has 0 bridgehead atoms. The molecule has 0 amide bonds. The molecule has 0 N–H and O–H groups in total. The lowest BCUT2D eigenvalue weighted by atomic mass is 10.3. The molecular weight excluding hydrogens is 581 g/mol. The summed E-state index contributed by atoms with van der Waals surface area (Å²) in [6.07, 6.45) is 4.50. The van der Waals surface area contributed by atoms with Crippen molar-refractivity contribution in [3.05, 3.63) is 0 Å². The van der Waals surface area contributed by atoms with Crippen molar-refractivity contribution < 1.29 is 35.4 Å². The molecule has 10 nitrogen and oxygen atoms in total. The monoisotopic (exact) mass is 646 g/mol. The smallest absolute Gasteiger partial charge is 0.323 e. The van der Waals surface area contributed by atoms with Crippen molar-refractivity contribution >= 4 is 37.1 Å². The summed E-state index contributed by atoms with van der Waals surface area (Å²) < 4.78 is 43.4. The third-order valence-corrected chi connectivity index (χ3v) is 16.3. The molecule has 0 aliphatic carbocycles. The van der Waals surface area contributed by atoms with E-state index in [4.69, 9.17) is 35.4 Å². The number of hydrogen-bond donors (Lipinski definition) is 0. The summed E-state index contributed by atoms with van der Waals surface area (Å²) in [5, 5.41) is 0. The van der Waals surface area contributed by atoms with Crippen molar-refractivity contribution in [2.75, 3.05) is 97.2 Å². The van der Waals surface area contributed by atoms with Gasteiger partial charge in [-0.05, 0) is 88.1 Å². The van der Waals surface area contributed by atoms with Crippen LogP contribution in [0.2, 0.25) is 22.2 Å². The van der Waals surface area contributed by atoms with Gasteiger partial charge in [-0.1, -0.05) is 27.7 Å². The van der Waals surface area contributed by atoms with Gasteiger partial charge in [0.15, 0.2) is 0 Å². The zero-order chi connectivity index (χ0) is 31.1. The largest absolute Gasteiger partial charge is 0.400 e. The maximum atomic E-state index is 5.42. The van der Waals surface area contributed by atoms with Crippen molar-refractivity contribution in [1.29, 1.82) is 0 Å². The molecule has 0 saturated heterocycles. The molecule has 14 heteroatoms. The molecule has 0 saturated carbocycles. The van der Waals surface area contributed by atoms with E-state index in [1.54, 1.807) is 56.9 Å². The summed E-state index contributed by atoms with van der Waals surface area (Å²) in [6, 6.07) is 0. The van der Waals surface area contributed by atoms with Crippen LogP contribution >= 0.6 is 0 Å². The van der Waals surface area contributed by atoms with Crippen molar-refractivity contribution in [3.63, 3.8) is 0 Å². The van der Waals surface area contributed by atoms with Gasteiger partial charge in [0, 0.05) is 56.9 Å². The van der Waals surface area contributed by atoms with Crippen molar-refractivity contribution in [2.24, 2.45) is 0 Å². The standard InChI is InChI=1S/2C13H33NO4Si2/c2*1-12(19(15-4)16-5)8-10-14(3)11-9-13(2)20(17-6)18-7/h2*12-13,19-20H,8-11H2,1-7H3. The molecule has 0 fully saturated rings. The number of hydrogen-bond acceptors (Lipinski definition) is 10. The van der Waals surface area contributed by atoms with Gasteiger partial charge in [-0.25, -0.2) is 0 Å². The van der Waals surface area contributed by atoms with Crippen LogP contribution in [0.4, 0.5) is 0 Å². The average molecular weight is 647 g/mol. The summed E-state index contributed by atoms with van der Waals surface area (Å²) in [7, 11) is 12.5. The van der Waals surface area contributed by atoms with E-state index in [-0.39, 0.29) is 0 Å². The first kappa shape index (κ1) is 42.6. The molecule has 0 aromatic heterocycles. The second kappa shape index (κ2) is 27.0. The van der Waals surface area contributed by atoms with Crippen LogP contribution in [0, 0.1) is 0 Å². The van der Waals surface area contributed by atoms with Crippen LogP contribution in [0.25, 0.3) is 0 Å².